The van der Waals surface area contributed by atoms with Crippen molar-refractivity contribution in [1.82, 2.24) is 0 Å². The SMILES string of the molecule is NCCOS(=O)(=O)OCCCCO.O=S(=O)(O)OCCCCO.O=S(=O)(O)OS(=O)(=O)OCCCOS(=O)(=O)OS(=O)(=O)OS(=O)(=O)OS(=O)(=O)O.OCCCCCO. The Labute approximate surface area is 341 Å². The molecule has 0 fully saturated rings. The van der Waals surface area contributed by atoms with Crippen LogP contribution in [0.15, 0.2) is 0 Å². The van der Waals surface area contributed by atoms with Gasteiger partial charge in [0.15, 0.2) is 0 Å². The normalized spacial score (nSPS) is 12.9. The van der Waals surface area contributed by atoms with E-state index in [0.717, 1.165) is 19.3 Å². The molecule has 0 spiro atoms. The van der Waals surface area contributed by atoms with Gasteiger partial charge in [-0.2, -0.15) is 67.3 Å². The lowest BCUT2D eigenvalue weighted by Gasteiger charge is -2.06. The summed E-state index contributed by atoms with van der Waals surface area (Å²) in [5.74, 6) is 0. The first-order chi connectivity index (χ1) is 26.6. The molecule has 0 unspecified atom stereocenters. The monoisotopic (exact) mass is 1040 g/mol. The van der Waals surface area contributed by atoms with E-state index in [0.29, 0.717) is 25.7 Å². The van der Waals surface area contributed by atoms with E-state index in [2.05, 4.69) is 35.4 Å². The van der Waals surface area contributed by atoms with Crippen LogP contribution in [0.3, 0.4) is 0 Å². The second-order valence-electron chi connectivity index (χ2n) is 9.22. The average Bonchev–Trinajstić information content (AvgIpc) is 3.01. The number of aliphatic hydroxyl groups is 4. The number of rotatable bonds is 31. The van der Waals surface area contributed by atoms with Gasteiger partial charge in [0, 0.05) is 33.0 Å². The third-order valence-corrected chi connectivity index (χ3v) is 11.8. The smallest absolute Gasteiger partial charge is 0.396 e. The van der Waals surface area contributed by atoms with Crippen molar-refractivity contribution in [2.45, 2.75) is 51.4 Å². The number of unbranched alkanes of at least 4 members (excludes halogenated alkanes) is 4. The molecule has 0 aromatic heterocycles. The number of hydrogen-bond donors (Lipinski definition) is 8. The highest BCUT2D eigenvalue weighted by Gasteiger charge is 2.34. The van der Waals surface area contributed by atoms with Crippen LogP contribution in [0, 0.1) is 0 Å². The molecule has 0 aromatic rings. The van der Waals surface area contributed by atoms with Crippen LogP contribution in [0.4, 0.5) is 0 Å². The summed E-state index contributed by atoms with van der Waals surface area (Å²) in [5.41, 5.74) is 5.03. The van der Waals surface area contributed by atoms with E-state index in [4.69, 9.17) is 39.8 Å². The Hall–Kier alpha value is -1.08. The third-order valence-electron chi connectivity index (χ3n) is 4.14. The summed E-state index contributed by atoms with van der Waals surface area (Å²) in [6.07, 6.45) is 3.70. The highest BCUT2D eigenvalue weighted by atomic mass is 32.4. The molecule has 0 radical (unpaired) electrons. The molecule has 0 saturated carbocycles. The van der Waals surface area contributed by atoms with Gasteiger partial charge in [-0.1, -0.05) is 10.9 Å². The molecule has 0 aliphatic carbocycles. The fourth-order valence-electron chi connectivity index (χ4n) is 2.20. The largest absolute Gasteiger partial charge is 0.432 e. The molecule has 0 heterocycles. The van der Waals surface area contributed by atoms with E-state index >= 15 is 0 Å². The van der Waals surface area contributed by atoms with Gasteiger partial charge in [0.2, 0.25) is 0 Å². The van der Waals surface area contributed by atoms with Gasteiger partial charge in [-0.15, -0.1) is 3.63 Å². The number of hydrogen-bond acceptors (Lipinski definition) is 30. The second kappa shape index (κ2) is 32.6. The third kappa shape index (κ3) is 54.9. The zero-order valence-corrected chi connectivity index (χ0v) is 36.4. The standard InChI is InChI=1S/C6H15NO5S.C5H12O2.C4H10O5S.C3H8O20S6/c7-3-6-12-13(9,10)11-5-2-1-4-8;6-4-2-1-3-5-7;5-3-1-2-4-9-10(6,7)8;4-24(5,6)20-26(10,11)18-2-1-3-19-27(12,13)22-29(16,17)23-28(14,15)21-25(7,8)9/h8H,1-7H2;6-7H,1-5H2;5H,1-4H2,(H,6,7,8);1-3H2,(H,4,5,6)(H,7,8,9). The quantitative estimate of drug-likeness (QED) is 0.0238. The Morgan fingerprint density at radius 1 is 0.305 bits per heavy atom. The predicted octanol–water partition coefficient (Wildman–Crippen LogP) is -5.22. The summed E-state index contributed by atoms with van der Waals surface area (Å²) in [6.45, 7) is -1.66. The lowest BCUT2D eigenvalue weighted by atomic mass is 10.2. The second-order valence-corrected chi connectivity index (χ2v) is 19.2. The molecule has 0 aliphatic heterocycles. The Morgan fingerprint density at radius 3 is 0.966 bits per heavy atom. The van der Waals surface area contributed by atoms with E-state index in [9.17, 15) is 67.3 Å². The van der Waals surface area contributed by atoms with Gasteiger partial charge in [-0.25, -0.2) is 20.9 Å². The number of nitrogens with two attached hydrogens (primary N) is 1. The summed E-state index contributed by atoms with van der Waals surface area (Å²) >= 11 is 0. The maximum Gasteiger partial charge on any atom is 0.432 e. The zero-order valence-electron chi connectivity index (χ0n) is 29.9. The molecule has 41 heteroatoms. The summed E-state index contributed by atoms with van der Waals surface area (Å²) in [7, 11) is -42.4. The summed E-state index contributed by atoms with van der Waals surface area (Å²) in [5, 5.41) is 33.0. The van der Waals surface area contributed by atoms with Crippen molar-refractivity contribution in [2.75, 3.05) is 66.0 Å². The highest BCUT2D eigenvalue weighted by molar-refractivity contribution is 8.03. The maximum absolute atomic E-state index is 11.2. The van der Waals surface area contributed by atoms with Crippen molar-refractivity contribution < 1.29 is 137 Å². The first-order valence-corrected chi connectivity index (χ1v) is 25.8. The van der Waals surface area contributed by atoms with Crippen LogP contribution in [0.25, 0.3) is 0 Å². The van der Waals surface area contributed by atoms with Crippen molar-refractivity contribution in [3.63, 3.8) is 0 Å². The molecule has 0 rings (SSSR count). The molecule has 33 nitrogen and oxygen atoms in total. The molecule has 0 amide bonds. The number of aliphatic hydroxyl groups excluding tert-OH is 4. The molecule has 0 aliphatic rings. The van der Waals surface area contributed by atoms with Crippen LogP contribution in [0.5, 0.6) is 0 Å². The Bertz CT molecular complexity index is 1990. The average molecular weight is 1040 g/mol. The lowest BCUT2D eigenvalue weighted by molar-refractivity contribution is 0.206. The van der Waals surface area contributed by atoms with E-state index in [-0.39, 0.29) is 52.8 Å². The van der Waals surface area contributed by atoms with Gasteiger partial charge in [0.25, 0.3) is 0 Å². The molecule has 0 atom stereocenters. The van der Waals surface area contributed by atoms with Gasteiger partial charge in [0.05, 0.1) is 33.0 Å². The van der Waals surface area contributed by atoms with Crippen LogP contribution in [-0.4, -0.2) is 167 Å². The maximum atomic E-state index is 11.2. The highest BCUT2D eigenvalue weighted by Crippen LogP contribution is 2.12. The van der Waals surface area contributed by atoms with Crippen LogP contribution in [-0.2, 0) is 119 Å². The molecule has 0 aromatic carbocycles. The van der Waals surface area contributed by atoms with Gasteiger partial charge in [0.1, 0.15) is 0 Å². The van der Waals surface area contributed by atoms with Crippen LogP contribution in [0.2, 0.25) is 0 Å². The van der Waals surface area contributed by atoms with Gasteiger partial charge in [-0.05, 0) is 51.4 Å². The van der Waals surface area contributed by atoms with Gasteiger partial charge < -0.3 is 26.2 Å². The van der Waals surface area contributed by atoms with Crippen molar-refractivity contribution in [2.24, 2.45) is 5.73 Å². The molecule has 9 N–H and O–H groups in total. The van der Waals surface area contributed by atoms with E-state index < -0.39 is 103 Å². The summed E-state index contributed by atoms with van der Waals surface area (Å²) < 4.78 is 226. The van der Waals surface area contributed by atoms with Gasteiger partial charge >= 0.3 is 83.2 Å². The van der Waals surface area contributed by atoms with E-state index in [1.807, 2.05) is 0 Å². The topological polar surface area (TPSA) is 524 Å². The zero-order chi connectivity index (χ0) is 47.1. The predicted molar refractivity (Wildman–Crippen MR) is 188 cm³/mol. The molecule has 362 valence electrons. The molecule has 59 heavy (non-hydrogen) atoms. The fourth-order valence-corrected chi connectivity index (χ4v) is 8.08. The van der Waals surface area contributed by atoms with Crippen LogP contribution in [0.1, 0.15) is 51.4 Å². The Kier molecular flexibility index (Phi) is 35.6. The van der Waals surface area contributed by atoms with Crippen molar-refractivity contribution in [1.29, 1.82) is 0 Å². The summed E-state index contributed by atoms with van der Waals surface area (Å²) in [6, 6.07) is 0. The van der Waals surface area contributed by atoms with Crippen LogP contribution >= 0.6 is 0 Å². The first-order valence-electron chi connectivity index (χ1n) is 15.0. The lowest BCUT2D eigenvalue weighted by Crippen LogP contribution is -2.24. The molecule has 0 saturated heterocycles. The van der Waals surface area contributed by atoms with Crippen molar-refractivity contribution in [3.05, 3.63) is 0 Å². The summed E-state index contributed by atoms with van der Waals surface area (Å²) in [4.78, 5) is 0. The van der Waals surface area contributed by atoms with Gasteiger partial charge in [-0.3, -0.25) is 13.7 Å². The van der Waals surface area contributed by atoms with Crippen LogP contribution < -0.4 is 5.73 Å². The minimum absolute atomic E-state index is 0.00512. The fraction of sp³-hybridized carbons (Fsp3) is 1.00. The minimum Gasteiger partial charge on any atom is -0.396 e. The van der Waals surface area contributed by atoms with Crippen molar-refractivity contribution in [3.8, 4) is 0 Å². The molecule has 0 bridgehead atoms. The van der Waals surface area contributed by atoms with E-state index in [1.165, 1.54) is 0 Å². The Balaban J connectivity index is -0.000000411. The first kappa shape index (κ1) is 64.5. The molecular formula is C18H45NO32S8. The van der Waals surface area contributed by atoms with E-state index in [1.54, 1.807) is 0 Å². The minimum atomic E-state index is -6.10. The molecular weight excluding hydrogens is 999 g/mol. The van der Waals surface area contributed by atoms with Crippen molar-refractivity contribution >= 4 is 83.2 Å². The Morgan fingerprint density at radius 2 is 0.593 bits per heavy atom.